The fourth-order valence-electron chi connectivity index (χ4n) is 2.34. The molecular formula is C13H12F3N3OS. The normalized spacial score (nSPS) is 26.0. The molecule has 3 rings (SSSR count). The van der Waals surface area contributed by atoms with Crippen molar-refractivity contribution in [2.24, 2.45) is 4.99 Å². The van der Waals surface area contributed by atoms with Crippen LogP contribution in [0, 0.1) is 0 Å². The standard InChI is InChI=1S/C13H12F3N3OS/c14-13(15,16)12(9-5-2-1-3-6-9)18-10(20)19-8-4-7-17-11(19)21-12/h1-3,5-6H,4,7-8H2,(H,18,20)/t12-/m0/s1. The number of hydrogen-bond donors (Lipinski definition) is 1. The van der Waals surface area contributed by atoms with E-state index in [1.807, 2.05) is 0 Å². The zero-order valence-corrected chi connectivity index (χ0v) is 11.7. The summed E-state index contributed by atoms with van der Waals surface area (Å²) < 4.78 is 41.1. The van der Waals surface area contributed by atoms with Crippen LogP contribution in [0.1, 0.15) is 12.0 Å². The van der Waals surface area contributed by atoms with Gasteiger partial charge in [0.15, 0.2) is 5.17 Å². The molecule has 1 aromatic rings. The number of aliphatic imine (C=N–C) groups is 1. The van der Waals surface area contributed by atoms with E-state index in [-0.39, 0.29) is 10.7 Å². The fraction of sp³-hybridized carbons (Fsp3) is 0.385. The van der Waals surface area contributed by atoms with E-state index >= 15 is 0 Å². The summed E-state index contributed by atoms with van der Waals surface area (Å²) in [6, 6.07) is 6.63. The maximum atomic E-state index is 13.7. The average molecular weight is 315 g/mol. The zero-order chi connectivity index (χ0) is 15.1. The van der Waals surface area contributed by atoms with Crippen LogP contribution in [0.4, 0.5) is 18.0 Å². The van der Waals surface area contributed by atoms with Crippen LogP contribution in [0.15, 0.2) is 35.3 Å². The Morgan fingerprint density at radius 2 is 2.00 bits per heavy atom. The smallest absolute Gasteiger partial charge is 0.311 e. The van der Waals surface area contributed by atoms with Gasteiger partial charge in [0.1, 0.15) is 0 Å². The van der Waals surface area contributed by atoms with Crippen LogP contribution in [0.5, 0.6) is 0 Å². The largest absolute Gasteiger partial charge is 0.425 e. The minimum absolute atomic E-state index is 0.0104. The third-order valence-corrected chi connectivity index (χ3v) is 4.78. The third-order valence-electron chi connectivity index (χ3n) is 3.37. The quantitative estimate of drug-likeness (QED) is 0.866. The van der Waals surface area contributed by atoms with Crippen LogP contribution in [0.2, 0.25) is 0 Å². The maximum Gasteiger partial charge on any atom is 0.425 e. The SMILES string of the molecule is O=C1N[C@](c2ccccc2)(C(F)(F)F)SC2=NCCCN12. The minimum Gasteiger partial charge on any atom is -0.311 e. The predicted molar refractivity (Wildman–Crippen MR) is 73.9 cm³/mol. The van der Waals surface area contributed by atoms with Gasteiger partial charge in [0.25, 0.3) is 0 Å². The molecule has 1 atom stereocenters. The molecule has 0 saturated carbocycles. The molecular weight excluding hydrogens is 303 g/mol. The summed E-state index contributed by atoms with van der Waals surface area (Å²) in [7, 11) is 0. The van der Waals surface area contributed by atoms with E-state index < -0.39 is 17.1 Å². The van der Waals surface area contributed by atoms with Crippen molar-refractivity contribution in [1.29, 1.82) is 0 Å². The molecule has 0 aromatic heterocycles. The first-order valence-corrected chi connectivity index (χ1v) is 7.21. The highest BCUT2D eigenvalue weighted by Gasteiger charge is 2.62. The summed E-state index contributed by atoms with van der Waals surface area (Å²) in [6.07, 6.45) is -3.98. The highest BCUT2D eigenvalue weighted by Crippen LogP contribution is 2.50. The van der Waals surface area contributed by atoms with Gasteiger partial charge in [-0.2, -0.15) is 13.2 Å². The van der Waals surface area contributed by atoms with Crippen molar-refractivity contribution in [2.75, 3.05) is 13.1 Å². The number of carbonyl (C=O) groups excluding carboxylic acids is 1. The van der Waals surface area contributed by atoms with Gasteiger partial charge in [-0.1, -0.05) is 30.3 Å². The lowest BCUT2D eigenvalue weighted by Gasteiger charge is -2.44. The molecule has 2 heterocycles. The molecule has 0 unspecified atom stereocenters. The van der Waals surface area contributed by atoms with Crippen molar-refractivity contribution in [1.82, 2.24) is 10.2 Å². The molecule has 1 fully saturated rings. The van der Waals surface area contributed by atoms with Crippen LogP contribution in [0.25, 0.3) is 0 Å². The predicted octanol–water partition coefficient (Wildman–Crippen LogP) is 2.92. The Balaban J connectivity index is 2.10. The van der Waals surface area contributed by atoms with E-state index in [4.69, 9.17) is 0 Å². The number of nitrogens with one attached hydrogen (secondary N) is 1. The average Bonchev–Trinajstić information content (AvgIpc) is 2.47. The van der Waals surface area contributed by atoms with Gasteiger partial charge in [0.2, 0.25) is 4.87 Å². The van der Waals surface area contributed by atoms with Crippen molar-refractivity contribution in [3.63, 3.8) is 0 Å². The first kappa shape index (κ1) is 14.2. The topological polar surface area (TPSA) is 44.7 Å². The summed E-state index contributed by atoms with van der Waals surface area (Å²) >= 11 is 0.546. The Labute approximate surface area is 123 Å². The third kappa shape index (κ3) is 2.27. The molecule has 1 saturated heterocycles. The van der Waals surface area contributed by atoms with Gasteiger partial charge in [-0.3, -0.25) is 9.89 Å². The molecule has 0 bridgehead atoms. The molecule has 112 valence electrons. The maximum absolute atomic E-state index is 13.7. The Morgan fingerprint density at radius 1 is 1.29 bits per heavy atom. The number of thioether (sulfide) groups is 1. The van der Waals surface area contributed by atoms with Crippen LogP contribution in [0.3, 0.4) is 0 Å². The van der Waals surface area contributed by atoms with Gasteiger partial charge >= 0.3 is 12.2 Å². The zero-order valence-electron chi connectivity index (χ0n) is 10.9. The lowest BCUT2D eigenvalue weighted by molar-refractivity contribution is -0.167. The van der Waals surface area contributed by atoms with E-state index in [0.717, 1.165) is 0 Å². The number of hydrogen-bond acceptors (Lipinski definition) is 3. The van der Waals surface area contributed by atoms with Gasteiger partial charge in [0, 0.05) is 13.1 Å². The highest BCUT2D eigenvalue weighted by molar-refractivity contribution is 8.14. The van der Waals surface area contributed by atoms with E-state index in [0.29, 0.717) is 31.3 Å². The molecule has 1 N–H and O–H groups in total. The second-order valence-corrected chi connectivity index (χ2v) is 5.93. The van der Waals surface area contributed by atoms with E-state index in [1.54, 1.807) is 6.07 Å². The van der Waals surface area contributed by atoms with Crippen molar-refractivity contribution in [3.8, 4) is 0 Å². The minimum atomic E-state index is -4.64. The molecule has 2 amide bonds. The number of amides is 2. The van der Waals surface area contributed by atoms with Crippen molar-refractivity contribution >= 4 is 23.0 Å². The second kappa shape index (κ2) is 4.94. The Hall–Kier alpha value is -1.70. The molecule has 4 nitrogen and oxygen atoms in total. The Kier molecular flexibility index (Phi) is 3.35. The summed E-state index contributed by atoms with van der Waals surface area (Å²) in [5.74, 6) is 0. The van der Waals surface area contributed by atoms with E-state index in [2.05, 4.69) is 10.3 Å². The van der Waals surface area contributed by atoms with Crippen molar-refractivity contribution in [3.05, 3.63) is 35.9 Å². The molecule has 0 spiro atoms. The summed E-state index contributed by atoms with van der Waals surface area (Å²) in [4.78, 5) is 14.9. The fourth-order valence-corrected chi connectivity index (χ4v) is 3.56. The van der Waals surface area contributed by atoms with Gasteiger partial charge in [-0.15, -0.1) is 0 Å². The number of urea groups is 1. The Bertz CT molecular complexity index is 590. The van der Waals surface area contributed by atoms with Gasteiger partial charge in [-0.25, -0.2) is 4.79 Å². The lowest BCUT2D eigenvalue weighted by atomic mass is 10.1. The molecule has 0 radical (unpaired) electrons. The van der Waals surface area contributed by atoms with Gasteiger partial charge in [0.05, 0.1) is 0 Å². The van der Waals surface area contributed by atoms with Gasteiger partial charge in [-0.05, 0) is 23.7 Å². The number of halogens is 3. The van der Waals surface area contributed by atoms with Crippen LogP contribution < -0.4 is 5.32 Å². The molecule has 2 aliphatic rings. The molecule has 0 aliphatic carbocycles. The van der Waals surface area contributed by atoms with Gasteiger partial charge < -0.3 is 5.32 Å². The number of amidine groups is 1. The number of nitrogens with zero attached hydrogens (tertiary/aromatic N) is 2. The first-order chi connectivity index (χ1) is 9.94. The molecule has 1 aromatic carbocycles. The molecule has 21 heavy (non-hydrogen) atoms. The summed E-state index contributed by atoms with van der Waals surface area (Å²) in [5.41, 5.74) is -0.0104. The van der Waals surface area contributed by atoms with Crippen LogP contribution >= 0.6 is 11.8 Å². The lowest BCUT2D eigenvalue weighted by Crippen LogP contribution is -2.63. The van der Waals surface area contributed by atoms with Crippen LogP contribution in [-0.4, -0.2) is 35.4 Å². The number of carbonyl (C=O) groups is 1. The van der Waals surface area contributed by atoms with E-state index in [9.17, 15) is 18.0 Å². The van der Waals surface area contributed by atoms with Crippen molar-refractivity contribution in [2.45, 2.75) is 17.5 Å². The first-order valence-electron chi connectivity index (χ1n) is 6.39. The second-order valence-electron chi connectivity index (χ2n) is 4.75. The van der Waals surface area contributed by atoms with E-state index in [1.165, 1.54) is 29.2 Å². The van der Waals surface area contributed by atoms with Crippen LogP contribution in [-0.2, 0) is 4.87 Å². The Morgan fingerprint density at radius 3 is 2.67 bits per heavy atom. The molecule has 8 heteroatoms. The highest BCUT2D eigenvalue weighted by atomic mass is 32.2. The number of alkyl halides is 3. The summed E-state index contributed by atoms with van der Waals surface area (Å²) in [6.45, 7) is 0.829. The monoisotopic (exact) mass is 315 g/mol. The number of benzene rings is 1. The molecule has 2 aliphatic heterocycles. The number of fused-ring (bicyclic) bond motifs is 1. The summed E-state index contributed by atoms with van der Waals surface area (Å²) in [5, 5.41) is 2.26. The number of rotatable bonds is 1. The van der Waals surface area contributed by atoms with Crippen molar-refractivity contribution < 1.29 is 18.0 Å².